The quantitative estimate of drug-likeness (QED) is 0.266. The van der Waals surface area contributed by atoms with Crippen molar-refractivity contribution in [3.05, 3.63) is 35.4 Å². The van der Waals surface area contributed by atoms with E-state index >= 15 is 0 Å². The van der Waals surface area contributed by atoms with Crippen LogP contribution in [0.2, 0.25) is 0 Å². The minimum absolute atomic E-state index is 0. The Morgan fingerprint density at radius 2 is 1.82 bits per heavy atom. The Balaban J connectivity index is 0.00000441. The van der Waals surface area contributed by atoms with Gasteiger partial charge in [0.05, 0.1) is 6.54 Å². The number of nitrogens with zero attached hydrogens (tertiary/aromatic N) is 1. The lowest BCUT2D eigenvalue weighted by atomic mass is 10.1. The molecule has 1 aromatic carbocycles. The molecule has 0 fully saturated rings. The summed E-state index contributed by atoms with van der Waals surface area (Å²) in [4.78, 5) is 4.70. The van der Waals surface area contributed by atoms with E-state index in [0.29, 0.717) is 0 Å². The number of halogens is 1. The van der Waals surface area contributed by atoms with Crippen molar-refractivity contribution < 1.29 is 0 Å². The molecule has 1 rings (SSSR count). The molecule has 0 heterocycles. The molecule has 126 valence electrons. The van der Waals surface area contributed by atoms with Gasteiger partial charge >= 0.3 is 0 Å². The van der Waals surface area contributed by atoms with Gasteiger partial charge in [-0.05, 0) is 49.3 Å². The summed E-state index contributed by atoms with van der Waals surface area (Å²) >= 11 is 1.91. The fraction of sp³-hybridized carbons (Fsp3) is 0.588. The van der Waals surface area contributed by atoms with E-state index in [4.69, 9.17) is 4.99 Å². The topological polar surface area (TPSA) is 36.4 Å². The number of guanidine groups is 1. The van der Waals surface area contributed by atoms with Gasteiger partial charge in [-0.25, -0.2) is 4.99 Å². The van der Waals surface area contributed by atoms with Crippen molar-refractivity contribution in [2.45, 2.75) is 39.7 Å². The lowest BCUT2D eigenvalue weighted by Gasteiger charge is -2.12. The summed E-state index contributed by atoms with van der Waals surface area (Å²) in [5, 5.41) is 6.73. The van der Waals surface area contributed by atoms with Gasteiger partial charge in [-0.3, -0.25) is 0 Å². The molecule has 1 aromatic rings. The van der Waals surface area contributed by atoms with E-state index in [1.807, 2.05) is 11.8 Å². The van der Waals surface area contributed by atoms with E-state index in [1.165, 1.54) is 29.7 Å². The Bertz CT molecular complexity index is 424. The maximum Gasteiger partial charge on any atom is 0.191 e. The highest BCUT2D eigenvalue weighted by molar-refractivity contribution is 14.0. The van der Waals surface area contributed by atoms with E-state index < -0.39 is 0 Å². The molecule has 0 aliphatic heterocycles. The van der Waals surface area contributed by atoms with Crippen LogP contribution in [0.1, 0.15) is 37.8 Å². The van der Waals surface area contributed by atoms with Gasteiger partial charge in [0.2, 0.25) is 0 Å². The molecule has 0 bridgehead atoms. The SMILES string of the molecule is CCNC(=NCc1ccccc1CC)NCCCCSC.I. The van der Waals surface area contributed by atoms with E-state index in [1.54, 1.807) is 0 Å². The van der Waals surface area contributed by atoms with Crippen LogP contribution in [0, 0.1) is 0 Å². The van der Waals surface area contributed by atoms with Crippen LogP contribution >= 0.6 is 35.7 Å². The standard InChI is InChI=1S/C17H29N3S.HI/c1-4-15-10-6-7-11-16(15)14-20-17(18-5-2)19-12-8-9-13-21-3;/h6-7,10-11H,4-5,8-9,12-14H2,1-3H3,(H2,18,19,20);1H. The molecule has 0 saturated heterocycles. The van der Waals surface area contributed by atoms with Crippen molar-refractivity contribution in [2.75, 3.05) is 25.1 Å². The minimum Gasteiger partial charge on any atom is -0.357 e. The highest BCUT2D eigenvalue weighted by atomic mass is 127. The number of hydrogen-bond donors (Lipinski definition) is 2. The van der Waals surface area contributed by atoms with Gasteiger partial charge in [0.1, 0.15) is 0 Å². The van der Waals surface area contributed by atoms with Gasteiger partial charge in [-0.2, -0.15) is 11.8 Å². The average Bonchev–Trinajstić information content (AvgIpc) is 2.52. The number of aryl methyl sites for hydroxylation is 1. The lowest BCUT2D eigenvalue weighted by Crippen LogP contribution is -2.37. The van der Waals surface area contributed by atoms with Crippen molar-refractivity contribution in [2.24, 2.45) is 4.99 Å². The van der Waals surface area contributed by atoms with Crippen molar-refractivity contribution in [3.8, 4) is 0 Å². The van der Waals surface area contributed by atoms with Crippen molar-refractivity contribution in [3.63, 3.8) is 0 Å². The van der Waals surface area contributed by atoms with Crippen LogP contribution in [0.5, 0.6) is 0 Å². The van der Waals surface area contributed by atoms with Crippen LogP contribution in [-0.4, -0.2) is 31.1 Å². The maximum atomic E-state index is 4.70. The van der Waals surface area contributed by atoms with Crippen molar-refractivity contribution in [1.82, 2.24) is 10.6 Å². The predicted molar refractivity (Wildman–Crippen MR) is 112 cm³/mol. The number of thioether (sulfide) groups is 1. The molecular weight excluding hydrogens is 405 g/mol. The van der Waals surface area contributed by atoms with E-state index in [2.05, 4.69) is 55.0 Å². The summed E-state index contributed by atoms with van der Waals surface area (Å²) < 4.78 is 0. The largest absolute Gasteiger partial charge is 0.357 e. The monoisotopic (exact) mass is 435 g/mol. The summed E-state index contributed by atoms with van der Waals surface area (Å²) in [6.45, 7) is 6.92. The minimum atomic E-state index is 0. The van der Waals surface area contributed by atoms with E-state index in [9.17, 15) is 0 Å². The molecule has 0 amide bonds. The van der Waals surface area contributed by atoms with Crippen LogP contribution in [0.4, 0.5) is 0 Å². The zero-order valence-electron chi connectivity index (χ0n) is 14.0. The fourth-order valence-electron chi connectivity index (χ4n) is 2.14. The molecular formula is C17H30IN3S. The van der Waals surface area contributed by atoms with E-state index in [-0.39, 0.29) is 24.0 Å². The van der Waals surface area contributed by atoms with Gasteiger partial charge in [0.25, 0.3) is 0 Å². The molecule has 0 aliphatic carbocycles. The van der Waals surface area contributed by atoms with Gasteiger partial charge in [-0.1, -0.05) is 31.2 Å². The van der Waals surface area contributed by atoms with Gasteiger partial charge in [0.15, 0.2) is 5.96 Å². The molecule has 2 N–H and O–H groups in total. The molecule has 0 aliphatic rings. The number of aliphatic imine (C=N–C) groups is 1. The van der Waals surface area contributed by atoms with Gasteiger partial charge in [-0.15, -0.1) is 24.0 Å². The van der Waals surface area contributed by atoms with Crippen molar-refractivity contribution in [1.29, 1.82) is 0 Å². The number of nitrogens with one attached hydrogen (secondary N) is 2. The molecule has 0 unspecified atom stereocenters. The fourth-order valence-corrected chi connectivity index (χ4v) is 2.63. The summed E-state index contributed by atoms with van der Waals surface area (Å²) in [5.41, 5.74) is 2.71. The molecule has 22 heavy (non-hydrogen) atoms. The second-order valence-electron chi connectivity index (χ2n) is 4.94. The zero-order valence-corrected chi connectivity index (χ0v) is 17.2. The molecule has 0 spiro atoms. The van der Waals surface area contributed by atoms with Crippen LogP contribution in [0.25, 0.3) is 0 Å². The molecule has 0 aromatic heterocycles. The third-order valence-electron chi connectivity index (χ3n) is 3.32. The molecule has 0 radical (unpaired) electrons. The highest BCUT2D eigenvalue weighted by Gasteiger charge is 2.00. The summed E-state index contributed by atoms with van der Waals surface area (Å²) in [5.74, 6) is 2.16. The third kappa shape index (κ3) is 8.88. The Morgan fingerprint density at radius 3 is 2.45 bits per heavy atom. The van der Waals surface area contributed by atoms with Gasteiger partial charge < -0.3 is 10.6 Å². The third-order valence-corrected chi connectivity index (χ3v) is 4.02. The number of unbranched alkanes of at least 4 members (excludes halogenated alkanes) is 1. The maximum absolute atomic E-state index is 4.70. The Morgan fingerprint density at radius 1 is 1.09 bits per heavy atom. The van der Waals surface area contributed by atoms with Crippen molar-refractivity contribution >= 4 is 41.7 Å². The Labute approximate surface area is 157 Å². The molecule has 5 heteroatoms. The first-order valence-electron chi connectivity index (χ1n) is 7.89. The van der Waals surface area contributed by atoms with E-state index in [0.717, 1.165) is 32.0 Å². The summed E-state index contributed by atoms with van der Waals surface area (Å²) in [6.07, 6.45) is 5.66. The normalized spacial score (nSPS) is 11.0. The first kappa shape index (κ1) is 21.6. The van der Waals surface area contributed by atoms with Crippen LogP contribution < -0.4 is 10.6 Å². The highest BCUT2D eigenvalue weighted by Crippen LogP contribution is 2.10. The molecule has 3 nitrogen and oxygen atoms in total. The summed E-state index contributed by atoms with van der Waals surface area (Å²) in [6, 6.07) is 8.55. The first-order chi connectivity index (χ1) is 10.3. The second-order valence-corrected chi connectivity index (χ2v) is 5.93. The number of rotatable bonds is 9. The Kier molecular flexibility index (Phi) is 13.9. The smallest absolute Gasteiger partial charge is 0.191 e. The zero-order chi connectivity index (χ0) is 15.3. The lowest BCUT2D eigenvalue weighted by molar-refractivity contribution is 0.734. The predicted octanol–water partition coefficient (Wildman–Crippen LogP) is 4.07. The van der Waals surface area contributed by atoms with Gasteiger partial charge in [0, 0.05) is 13.1 Å². The Hall–Kier alpha value is -0.430. The van der Waals surface area contributed by atoms with Crippen LogP contribution in [-0.2, 0) is 13.0 Å². The molecule has 0 saturated carbocycles. The second kappa shape index (κ2) is 14.2. The van der Waals surface area contributed by atoms with Crippen LogP contribution in [0.3, 0.4) is 0 Å². The first-order valence-corrected chi connectivity index (χ1v) is 9.29. The number of benzene rings is 1. The number of hydrogen-bond acceptors (Lipinski definition) is 2. The van der Waals surface area contributed by atoms with Crippen LogP contribution in [0.15, 0.2) is 29.3 Å². The summed E-state index contributed by atoms with van der Waals surface area (Å²) in [7, 11) is 0. The average molecular weight is 435 g/mol. The molecule has 0 atom stereocenters.